The lowest BCUT2D eigenvalue weighted by Crippen LogP contribution is -2.49. The van der Waals surface area contributed by atoms with Crippen molar-refractivity contribution in [1.82, 2.24) is 14.8 Å². The lowest BCUT2D eigenvalue weighted by atomic mass is 10.00. The quantitative estimate of drug-likeness (QED) is 0.719. The van der Waals surface area contributed by atoms with Gasteiger partial charge in [0.25, 0.3) is 0 Å². The second kappa shape index (κ2) is 6.74. The number of amides is 2. The third-order valence-electron chi connectivity index (χ3n) is 5.63. The van der Waals surface area contributed by atoms with Gasteiger partial charge in [-0.05, 0) is 23.3 Å². The summed E-state index contributed by atoms with van der Waals surface area (Å²) < 4.78 is 5.38. The van der Waals surface area contributed by atoms with E-state index in [2.05, 4.69) is 47.4 Å². The van der Waals surface area contributed by atoms with Gasteiger partial charge in [-0.2, -0.15) is 0 Å². The van der Waals surface area contributed by atoms with Crippen LogP contribution in [0.3, 0.4) is 0 Å². The van der Waals surface area contributed by atoms with Crippen molar-refractivity contribution in [2.75, 3.05) is 32.8 Å². The molecule has 1 fully saturated rings. The summed E-state index contributed by atoms with van der Waals surface area (Å²) in [5.74, 6) is 0. The highest BCUT2D eigenvalue weighted by Gasteiger charge is 2.28. The van der Waals surface area contributed by atoms with Gasteiger partial charge in [0.1, 0.15) is 0 Å². The van der Waals surface area contributed by atoms with Gasteiger partial charge in [-0.3, -0.25) is 0 Å². The van der Waals surface area contributed by atoms with Crippen molar-refractivity contribution in [3.8, 4) is 11.1 Å². The van der Waals surface area contributed by atoms with E-state index in [1.165, 1.54) is 27.8 Å². The van der Waals surface area contributed by atoms with Gasteiger partial charge >= 0.3 is 6.03 Å². The molecule has 1 aromatic heterocycles. The van der Waals surface area contributed by atoms with Gasteiger partial charge in [0.2, 0.25) is 0 Å². The van der Waals surface area contributed by atoms with Gasteiger partial charge in [-0.25, -0.2) is 4.79 Å². The minimum absolute atomic E-state index is 0.137. The summed E-state index contributed by atoms with van der Waals surface area (Å²) in [7, 11) is 0. The van der Waals surface area contributed by atoms with E-state index in [1.54, 1.807) is 0 Å². The summed E-state index contributed by atoms with van der Waals surface area (Å²) in [6.45, 7) is 4.09. The lowest BCUT2D eigenvalue weighted by molar-refractivity contribution is 0.0422. The molecule has 5 heteroatoms. The second-order valence-electron chi connectivity index (χ2n) is 7.26. The number of aromatic amines is 1. The van der Waals surface area contributed by atoms with Crippen molar-refractivity contribution in [1.29, 1.82) is 0 Å². The van der Waals surface area contributed by atoms with Gasteiger partial charge in [-0.1, -0.05) is 36.4 Å². The normalized spacial score (nSPS) is 17.2. The van der Waals surface area contributed by atoms with Crippen molar-refractivity contribution >= 4 is 16.9 Å². The second-order valence-corrected chi connectivity index (χ2v) is 7.26. The molecule has 0 saturated carbocycles. The molecule has 27 heavy (non-hydrogen) atoms. The Hall–Kier alpha value is -2.79. The minimum atomic E-state index is 0.137. The van der Waals surface area contributed by atoms with Crippen LogP contribution < -0.4 is 0 Å². The highest BCUT2D eigenvalue weighted by atomic mass is 16.5. The van der Waals surface area contributed by atoms with E-state index in [-0.39, 0.29) is 6.03 Å². The van der Waals surface area contributed by atoms with E-state index in [0.29, 0.717) is 32.8 Å². The Kier molecular flexibility index (Phi) is 4.09. The number of rotatable bonds is 1. The maximum Gasteiger partial charge on any atom is 0.320 e. The molecule has 0 radical (unpaired) electrons. The zero-order valence-corrected chi connectivity index (χ0v) is 15.3. The van der Waals surface area contributed by atoms with Crippen LogP contribution in [0.5, 0.6) is 0 Å². The molecule has 138 valence electrons. The maximum absolute atomic E-state index is 12.9. The lowest BCUT2D eigenvalue weighted by Gasteiger charge is -2.34. The predicted molar refractivity (Wildman–Crippen MR) is 106 cm³/mol. The van der Waals surface area contributed by atoms with Crippen molar-refractivity contribution in [3.05, 3.63) is 59.8 Å². The number of hydrogen-bond acceptors (Lipinski definition) is 2. The molecule has 2 aliphatic heterocycles. The first-order chi connectivity index (χ1) is 13.3. The number of carbonyl (C=O) groups excluding carboxylic acids is 1. The van der Waals surface area contributed by atoms with Crippen LogP contribution in [-0.2, 0) is 17.7 Å². The largest absolute Gasteiger partial charge is 0.378 e. The van der Waals surface area contributed by atoms with Crippen LogP contribution >= 0.6 is 0 Å². The summed E-state index contributed by atoms with van der Waals surface area (Å²) in [5.41, 5.74) is 6.10. The highest BCUT2D eigenvalue weighted by molar-refractivity contribution is 5.90. The maximum atomic E-state index is 12.9. The van der Waals surface area contributed by atoms with Crippen LogP contribution in [0.15, 0.2) is 48.5 Å². The SMILES string of the molecule is O=C(N1CCOCC1)N1CCc2[nH]c3ccc(-c4ccccc4)cc3c2C1. The Morgan fingerprint density at radius 3 is 2.56 bits per heavy atom. The van der Waals surface area contributed by atoms with E-state index in [9.17, 15) is 4.79 Å². The number of morpholine rings is 1. The Morgan fingerprint density at radius 1 is 0.926 bits per heavy atom. The average molecular weight is 361 g/mol. The summed E-state index contributed by atoms with van der Waals surface area (Å²) in [5, 5.41) is 1.23. The molecule has 0 unspecified atom stereocenters. The van der Waals surface area contributed by atoms with Gasteiger partial charge in [0.05, 0.1) is 13.2 Å². The van der Waals surface area contributed by atoms with E-state index in [1.807, 2.05) is 15.9 Å². The first-order valence-corrected chi connectivity index (χ1v) is 9.60. The first-order valence-electron chi connectivity index (χ1n) is 9.60. The first kappa shape index (κ1) is 16.4. The van der Waals surface area contributed by atoms with Crippen molar-refractivity contribution in [2.24, 2.45) is 0 Å². The van der Waals surface area contributed by atoms with Gasteiger partial charge in [-0.15, -0.1) is 0 Å². The molecular formula is C22H23N3O2. The number of H-pyrrole nitrogens is 1. The number of ether oxygens (including phenoxy) is 1. The van der Waals surface area contributed by atoms with Crippen molar-refractivity contribution < 1.29 is 9.53 Å². The number of carbonyl (C=O) groups is 1. The fourth-order valence-electron chi connectivity index (χ4n) is 4.14. The molecule has 5 nitrogen and oxygen atoms in total. The fourth-order valence-corrected chi connectivity index (χ4v) is 4.14. The Balaban J connectivity index is 1.47. The van der Waals surface area contributed by atoms with Gasteiger partial charge in [0.15, 0.2) is 0 Å². The summed E-state index contributed by atoms with van der Waals surface area (Å²) in [6, 6.07) is 17.1. The number of benzene rings is 2. The standard InChI is InChI=1S/C22H23N3O2/c26-22(24-10-12-27-13-11-24)25-9-8-21-19(15-25)18-14-17(6-7-20(18)23-21)16-4-2-1-3-5-16/h1-7,14,23H,8-13,15H2. The molecule has 2 aliphatic rings. The zero-order chi connectivity index (χ0) is 18.2. The third kappa shape index (κ3) is 2.98. The van der Waals surface area contributed by atoms with Crippen LogP contribution in [0.4, 0.5) is 4.79 Å². The molecular weight excluding hydrogens is 338 g/mol. The molecule has 5 rings (SSSR count). The molecule has 0 atom stereocenters. The fraction of sp³-hybridized carbons (Fsp3) is 0.318. The Labute approximate surface area is 158 Å². The van der Waals surface area contributed by atoms with Crippen molar-refractivity contribution in [2.45, 2.75) is 13.0 Å². The van der Waals surface area contributed by atoms with Crippen LogP contribution in [0, 0.1) is 0 Å². The molecule has 3 aromatic rings. The number of nitrogens with zero attached hydrogens (tertiary/aromatic N) is 2. The molecule has 0 aliphatic carbocycles. The van der Waals surface area contributed by atoms with Crippen LogP contribution in [-0.4, -0.2) is 53.7 Å². The summed E-state index contributed by atoms with van der Waals surface area (Å²) in [6.07, 6.45) is 0.876. The van der Waals surface area contributed by atoms with Crippen LogP contribution in [0.25, 0.3) is 22.0 Å². The number of nitrogens with one attached hydrogen (secondary N) is 1. The van der Waals surface area contributed by atoms with E-state index < -0.39 is 0 Å². The molecule has 0 spiro atoms. The smallest absolute Gasteiger partial charge is 0.320 e. The molecule has 1 N–H and O–H groups in total. The Morgan fingerprint density at radius 2 is 1.74 bits per heavy atom. The van der Waals surface area contributed by atoms with Gasteiger partial charge < -0.3 is 19.5 Å². The molecule has 1 saturated heterocycles. The Bertz CT molecular complexity index is 974. The van der Waals surface area contributed by atoms with Crippen LogP contribution in [0.1, 0.15) is 11.3 Å². The number of urea groups is 1. The van der Waals surface area contributed by atoms with E-state index in [0.717, 1.165) is 18.5 Å². The number of hydrogen-bond donors (Lipinski definition) is 1. The molecule has 0 bridgehead atoms. The highest BCUT2D eigenvalue weighted by Crippen LogP contribution is 2.31. The van der Waals surface area contributed by atoms with Crippen LogP contribution in [0.2, 0.25) is 0 Å². The molecule has 2 amide bonds. The van der Waals surface area contributed by atoms with Crippen molar-refractivity contribution in [3.63, 3.8) is 0 Å². The molecule has 2 aromatic carbocycles. The minimum Gasteiger partial charge on any atom is -0.378 e. The summed E-state index contributed by atoms with van der Waals surface area (Å²) >= 11 is 0. The van der Waals surface area contributed by atoms with E-state index >= 15 is 0 Å². The predicted octanol–water partition coefficient (Wildman–Crippen LogP) is 3.65. The summed E-state index contributed by atoms with van der Waals surface area (Å²) in [4.78, 5) is 20.4. The molecule has 3 heterocycles. The number of fused-ring (bicyclic) bond motifs is 3. The van der Waals surface area contributed by atoms with E-state index in [4.69, 9.17) is 4.74 Å². The monoisotopic (exact) mass is 361 g/mol. The zero-order valence-electron chi connectivity index (χ0n) is 15.3. The third-order valence-corrected chi connectivity index (χ3v) is 5.63. The average Bonchev–Trinajstić information content (AvgIpc) is 3.11. The topological polar surface area (TPSA) is 48.6 Å². The number of aromatic nitrogens is 1. The van der Waals surface area contributed by atoms with Gasteiger partial charge in [0, 0.05) is 54.8 Å².